The number of rotatable bonds is 4. The van der Waals surface area contributed by atoms with E-state index in [0.29, 0.717) is 5.92 Å². The Bertz CT molecular complexity index is 684. The van der Waals surface area contributed by atoms with Gasteiger partial charge in [-0.2, -0.15) is 0 Å². The normalized spacial score (nSPS) is 22.4. The van der Waals surface area contributed by atoms with Crippen molar-refractivity contribution in [3.05, 3.63) is 59.7 Å². The minimum Gasteiger partial charge on any atom is -0.302 e. The molecule has 0 bridgehead atoms. The second kappa shape index (κ2) is 7.74. The van der Waals surface area contributed by atoms with E-state index in [2.05, 4.69) is 60.4 Å². The van der Waals surface area contributed by atoms with Gasteiger partial charge in [0.1, 0.15) is 0 Å². The summed E-state index contributed by atoms with van der Waals surface area (Å²) in [6, 6.07) is 18.0. The molecule has 2 aromatic carbocycles. The molecule has 1 nitrogen and oxygen atoms in total. The number of hydrogen-bond acceptors (Lipinski definition) is 1. The van der Waals surface area contributed by atoms with Gasteiger partial charge in [0.15, 0.2) is 0 Å². The van der Waals surface area contributed by atoms with Gasteiger partial charge < -0.3 is 4.90 Å². The van der Waals surface area contributed by atoms with Gasteiger partial charge in [0.25, 0.3) is 0 Å². The maximum absolute atomic E-state index is 2.76. The molecule has 1 aliphatic heterocycles. The average Bonchev–Trinajstić information content (AvgIpc) is 3.16. The summed E-state index contributed by atoms with van der Waals surface area (Å²) in [4.78, 5) is 2.76. The summed E-state index contributed by atoms with van der Waals surface area (Å²) in [5.41, 5.74) is 5.68. The van der Waals surface area contributed by atoms with Crippen LogP contribution in [0.5, 0.6) is 0 Å². The van der Waals surface area contributed by atoms with Gasteiger partial charge in [-0.1, -0.05) is 61.4 Å². The molecule has 4 rings (SSSR count). The van der Waals surface area contributed by atoms with E-state index in [1.165, 1.54) is 74.8 Å². The largest absolute Gasteiger partial charge is 0.302 e. The first-order valence-corrected chi connectivity index (χ1v) is 10.2. The second-order valence-electron chi connectivity index (χ2n) is 8.19. The second-order valence-corrected chi connectivity index (χ2v) is 8.19. The van der Waals surface area contributed by atoms with E-state index in [0.717, 1.165) is 5.92 Å². The van der Waals surface area contributed by atoms with Crippen LogP contribution >= 0.6 is 0 Å². The highest BCUT2D eigenvalue weighted by Crippen LogP contribution is 2.33. The minimum absolute atomic E-state index is 0.707. The maximum atomic E-state index is 2.76. The zero-order chi connectivity index (χ0) is 17.1. The lowest BCUT2D eigenvalue weighted by Crippen LogP contribution is -2.37. The van der Waals surface area contributed by atoms with Crippen molar-refractivity contribution >= 4 is 0 Å². The topological polar surface area (TPSA) is 3.24 Å². The van der Waals surface area contributed by atoms with Crippen molar-refractivity contribution in [2.75, 3.05) is 19.6 Å². The standard InChI is InChI=1S/C24H31N/c1-19-13-14-22(16-24(19)21-10-3-2-4-11-21)23-12-7-15-25(18-23)17-20-8-5-6-9-20/h2-4,10-11,13-14,16,20,23H,5-9,12,15,17-18H2,1H3. The van der Waals surface area contributed by atoms with Crippen LogP contribution in [-0.4, -0.2) is 24.5 Å². The smallest absolute Gasteiger partial charge is 0.00504 e. The fourth-order valence-electron chi connectivity index (χ4n) is 4.87. The molecule has 1 atom stereocenters. The van der Waals surface area contributed by atoms with Crippen LogP contribution in [0.4, 0.5) is 0 Å². The van der Waals surface area contributed by atoms with E-state index in [9.17, 15) is 0 Å². The SMILES string of the molecule is Cc1ccc(C2CCCN(CC3CCCC3)C2)cc1-c1ccccc1. The number of aryl methyl sites for hydroxylation is 1. The summed E-state index contributed by atoms with van der Waals surface area (Å²) in [7, 11) is 0. The van der Waals surface area contributed by atoms with Crippen molar-refractivity contribution < 1.29 is 0 Å². The summed E-state index contributed by atoms with van der Waals surface area (Å²) in [6.45, 7) is 6.14. The van der Waals surface area contributed by atoms with Gasteiger partial charge in [-0.15, -0.1) is 0 Å². The molecule has 0 N–H and O–H groups in total. The summed E-state index contributed by atoms with van der Waals surface area (Å²) in [5, 5.41) is 0. The Kier molecular flexibility index (Phi) is 5.22. The van der Waals surface area contributed by atoms with Crippen molar-refractivity contribution in [3.63, 3.8) is 0 Å². The molecule has 2 aromatic rings. The molecule has 1 unspecified atom stereocenters. The van der Waals surface area contributed by atoms with Crippen LogP contribution in [0.15, 0.2) is 48.5 Å². The highest BCUT2D eigenvalue weighted by atomic mass is 15.1. The van der Waals surface area contributed by atoms with Crippen LogP contribution in [0, 0.1) is 12.8 Å². The molecule has 1 heterocycles. The van der Waals surface area contributed by atoms with Crippen LogP contribution in [0.2, 0.25) is 0 Å². The van der Waals surface area contributed by atoms with Crippen molar-refractivity contribution in [1.82, 2.24) is 4.90 Å². The third-order valence-electron chi connectivity index (χ3n) is 6.31. The van der Waals surface area contributed by atoms with E-state index in [1.54, 1.807) is 5.56 Å². The van der Waals surface area contributed by atoms with Crippen LogP contribution in [-0.2, 0) is 0 Å². The zero-order valence-electron chi connectivity index (χ0n) is 15.6. The maximum Gasteiger partial charge on any atom is 0.00504 e. The summed E-state index contributed by atoms with van der Waals surface area (Å²) in [5.74, 6) is 1.68. The van der Waals surface area contributed by atoms with Crippen molar-refractivity contribution in [3.8, 4) is 11.1 Å². The highest BCUT2D eigenvalue weighted by molar-refractivity contribution is 5.68. The van der Waals surface area contributed by atoms with Crippen molar-refractivity contribution in [2.24, 2.45) is 5.92 Å². The predicted octanol–water partition coefficient (Wildman–Crippen LogP) is 6.03. The Morgan fingerprint density at radius 2 is 1.72 bits per heavy atom. The van der Waals surface area contributed by atoms with Gasteiger partial charge in [-0.25, -0.2) is 0 Å². The molecule has 2 aliphatic rings. The quantitative estimate of drug-likeness (QED) is 0.660. The first-order chi connectivity index (χ1) is 12.3. The first-order valence-electron chi connectivity index (χ1n) is 10.2. The third-order valence-corrected chi connectivity index (χ3v) is 6.31. The number of piperidine rings is 1. The molecule has 25 heavy (non-hydrogen) atoms. The van der Waals surface area contributed by atoms with Crippen molar-refractivity contribution in [1.29, 1.82) is 0 Å². The molecular formula is C24H31N. The Hall–Kier alpha value is -1.60. The fourth-order valence-corrected chi connectivity index (χ4v) is 4.87. The molecule has 0 amide bonds. The lowest BCUT2D eigenvalue weighted by Gasteiger charge is -2.34. The molecule has 132 valence electrons. The van der Waals surface area contributed by atoms with Crippen LogP contribution in [0.1, 0.15) is 55.6 Å². The van der Waals surface area contributed by atoms with Crippen LogP contribution in [0.3, 0.4) is 0 Å². The monoisotopic (exact) mass is 333 g/mol. The Labute approximate surface area is 153 Å². The summed E-state index contributed by atoms with van der Waals surface area (Å²) >= 11 is 0. The molecule has 1 saturated heterocycles. The van der Waals surface area contributed by atoms with E-state index in [1.807, 2.05) is 0 Å². The lowest BCUT2D eigenvalue weighted by molar-refractivity contribution is 0.179. The zero-order valence-corrected chi connectivity index (χ0v) is 15.6. The Balaban J connectivity index is 1.51. The van der Waals surface area contributed by atoms with Gasteiger partial charge in [-0.3, -0.25) is 0 Å². The van der Waals surface area contributed by atoms with E-state index in [4.69, 9.17) is 0 Å². The molecule has 0 spiro atoms. The Morgan fingerprint density at radius 1 is 0.920 bits per heavy atom. The van der Waals surface area contributed by atoms with E-state index >= 15 is 0 Å². The predicted molar refractivity (Wildman–Crippen MR) is 107 cm³/mol. The first kappa shape index (κ1) is 16.8. The summed E-state index contributed by atoms with van der Waals surface area (Å²) < 4.78 is 0. The molecule has 1 heteroatoms. The molecule has 1 aliphatic carbocycles. The molecule has 0 aromatic heterocycles. The lowest BCUT2D eigenvalue weighted by atomic mass is 9.87. The van der Waals surface area contributed by atoms with Gasteiger partial charge in [0.2, 0.25) is 0 Å². The molecular weight excluding hydrogens is 302 g/mol. The fraction of sp³-hybridized carbons (Fsp3) is 0.500. The average molecular weight is 334 g/mol. The highest BCUT2D eigenvalue weighted by Gasteiger charge is 2.25. The van der Waals surface area contributed by atoms with E-state index in [-0.39, 0.29) is 0 Å². The number of hydrogen-bond donors (Lipinski definition) is 0. The summed E-state index contributed by atoms with van der Waals surface area (Å²) in [6.07, 6.45) is 8.54. The third kappa shape index (κ3) is 3.98. The molecule has 0 radical (unpaired) electrons. The van der Waals surface area contributed by atoms with Crippen LogP contribution in [0.25, 0.3) is 11.1 Å². The van der Waals surface area contributed by atoms with Gasteiger partial charge in [0, 0.05) is 13.1 Å². The Morgan fingerprint density at radius 3 is 2.52 bits per heavy atom. The van der Waals surface area contributed by atoms with Gasteiger partial charge in [0.05, 0.1) is 0 Å². The molecule has 1 saturated carbocycles. The molecule has 2 fully saturated rings. The number of nitrogens with zero attached hydrogens (tertiary/aromatic N) is 1. The number of likely N-dealkylation sites (tertiary alicyclic amines) is 1. The van der Waals surface area contributed by atoms with Crippen molar-refractivity contribution in [2.45, 2.75) is 51.4 Å². The van der Waals surface area contributed by atoms with E-state index < -0.39 is 0 Å². The number of benzene rings is 2. The van der Waals surface area contributed by atoms with Gasteiger partial charge in [-0.05, 0) is 73.2 Å². The minimum atomic E-state index is 0.707. The van der Waals surface area contributed by atoms with Gasteiger partial charge >= 0.3 is 0 Å². The van der Waals surface area contributed by atoms with Crippen LogP contribution < -0.4 is 0 Å².